The highest BCUT2D eigenvalue weighted by Crippen LogP contribution is 2.45. The predicted octanol–water partition coefficient (Wildman–Crippen LogP) is 18.8. The van der Waals surface area contributed by atoms with Crippen molar-refractivity contribution in [2.24, 2.45) is 11.8 Å². The summed E-state index contributed by atoms with van der Waals surface area (Å²) in [7, 11) is -9.89. The van der Waals surface area contributed by atoms with Crippen LogP contribution in [0, 0.1) is 11.8 Å². The van der Waals surface area contributed by atoms with Gasteiger partial charge in [0.15, 0.2) is 12.2 Å². The lowest BCUT2D eigenvalue weighted by Gasteiger charge is -2.21. The van der Waals surface area contributed by atoms with Crippen molar-refractivity contribution >= 4 is 39.5 Å². The Morgan fingerprint density at radius 3 is 0.884 bits per heavy atom. The van der Waals surface area contributed by atoms with Crippen LogP contribution in [-0.2, 0) is 65.4 Å². The van der Waals surface area contributed by atoms with Crippen LogP contribution in [0.4, 0.5) is 0 Å². The second-order valence-electron chi connectivity index (χ2n) is 24.9. The van der Waals surface area contributed by atoms with Crippen molar-refractivity contribution in [2.45, 2.75) is 355 Å². The van der Waals surface area contributed by atoms with E-state index in [2.05, 4.69) is 41.5 Å². The number of aliphatic hydroxyl groups excluding tert-OH is 1. The van der Waals surface area contributed by atoms with Crippen molar-refractivity contribution in [3.05, 3.63) is 0 Å². The molecule has 3 unspecified atom stereocenters. The van der Waals surface area contributed by atoms with Crippen molar-refractivity contribution < 1.29 is 80.2 Å². The molecule has 0 aliphatic rings. The van der Waals surface area contributed by atoms with E-state index in [9.17, 15) is 43.2 Å². The van der Waals surface area contributed by atoms with Crippen LogP contribution in [0.2, 0.25) is 0 Å². The first-order chi connectivity index (χ1) is 41.4. The Labute approximate surface area is 524 Å². The van der Waals surface area contributed by atoms with Crippen molar-refractivity contribution in [2.75, 3.05) is 39.6 Å². The van der Waals surface area contributed by atoms with Gasteiger partial charge in [-0.2, -0.15) is 0 Å². The largest absolute Gasteiger partial charge is 0.472 e. The summed E-state index contributed by atoms with van der Waals surface area (Å²) in [4.78, 5) is 72.2. The molecule has 17 nitrogen and oxygen atoms in total. The third-order valence-corrected chi connectivity index (χ3v) is 17.7. The number of phosphoric ester groups is 2. The van der Waals surface area contributed by atoms with Gasteiger partial charge in [0.25, 0.3) is 0 Å². The lowest BCUT2D eigenvalue weighted by Crippen LogP contribution is -2.30. The molecule has 0 saturated carbocycles. The molecule has 0 radical (unpaired) electrons. The fraction of sp³-hybridized carbons (Fsp3) is 0.940. The Morgan fingerprint density at radius 1 is 0.337 bits per heavy atom. The van der Waals surface area contributed by atoms with E-state index < -0.39 is 97.5 Å². The first-order valence-corrected chi connectivity index (χ1v) is 38.0. The molecule has 0 aliphatic heterocycles. The lowest BCUT2D eigenvalue weighted by atomic mass is 10.00. The van der Waals surface area contributed by atoms with E-state index >= 15 is 0 Å². The van der Waals surface area contributed by atoms with Crippen LogP contribution in [0.1, 0.15) is 337 Å². The average molecular weight is 1270 g/mol. The molecule has 0 amide bonds. The molecule has 0 bridgehead atoms. The molecule has 3 N–H and O–H groups in total. The zero-order valence-corrected chi connectivity index (χ0v) is 57.4. The Bertz CT molecular complexity index is 1690. The van der Waals surface area contributed by atoms with Crippen LogP contribution >= 0.6 is 15.6 Å². The minimum absolute atomic E-state index is 0.102. The van der Waals surface area contributed by atoms with Gasteiger partial charge in [-0.15, -0.1) is 0 Å². The molecule has 0 rings (SSSR count). The minimum atomic E-state index is -4.95. The molecule has 0 aliphatic carbocycles. The van der Waals surface area contributed by atoms with Crippen molar-refractivity contribution in [3.63, 3.8) is 0 Å². The van der Waals surface area contributed by atoms with Gasteiger partial charge in [0.05, 0.1) is 26.4 Å². The fourth-order valence-corrected chi connectivity index (χ4v) is 11.6. The molecular weight excluding hydrogens is 1140 g/mol. The molecule has 0 aromatic heterocycles. The number of hydrogen-bond acceptors (Lipinski definition) is 15. The molecule has 510 valence electrons. The molecule has 6 atom stereocenters. The van der Waals surface area contributed by atoms with Gasteiger partial charge < -0.3 is 33.8 Å². The number of unbranched alkanes of at least 4 members (excludes halogenated alkanes) is 35. The summed E-state index contributed by atoms with van der Waals surface area (Å²) in [6.45, 7) is 9.37. The van der Waals surface area contributed by atoms with Gasteiger partial charge >= 0.3 is 39.5 Å². The Hall–Kier alpha value is -1.94. The molecule has 86 heavy (non-hydrogen) atoms. The SMILES string of the molecule is CCCCCCCCCCCCCCCCCCCCCC(=O)O[C@H](COC(=O)CCCCCCCCCC(C)C)COP(=O)(O)OC[C@@H](O)COP(=O)(O)OC[C@@H](COC(=O)CCCCCCCCC)OC(=O)CCCCCCCCC(C)CC. The zero-order valence-electron chi connectivity index (χ0n) is 55.6. The van der Waals surface area contributed by atoms with Crippen molar-refractivity contribution in [1.29, 1.82) is 0 Å². The highest BCUT2D eigenvalue weighted by molar-refractivity contribution is 7.47. The van der Waals surface area contributed by atoms with Gasteiger partial charge in [-0.05, 0) is 37.5 Å². The molecule has 0 heterocycles. The maximum Gasteiger partial charge on any atom is 0.472 e. The topological polar surface area (TPSA) is 237 Å². The van der Waals surface area contributed by atoms with Crippen LogP contribution in [0.3, 0.4) is 0 Å². The molecule has 0 aromatic rings. The van der Waals surface area contributed by atoms with Gasteiger partial charge in [0.2, 0.25) is 0 Å². The summed E-state index contributed by atoms with van der Waals surface area (Å²) in [5, 5.41) is 10.5. The maximum atomic E-state index is 13.0. The van der Waals surface area contributed by atoms with E-state index in [0.29, 0.717) is 31.6 Å². The first-order valence-electron chi connectivity index (χ1n) is 35.0. The van der Waals surface area contributed by atoms with Crippen LogP contribution in [0.15, 0.2) is 0 Å². The van der Waals surface area contributed by atoms with E-state index in [1.54, 1.807) is 0 Å². The van der Waals surface area contributed by atoms with E-state index in [4.69, 9.17) is 37.0 Å². The Morgan fingerprint density at radius 2 is 0.593 bits per heavy atom. The predicted molar refractivity (Wildman–Crippen MR) is 345 cm³/mol. The number of hydrogen-bond donors (Lipinski definition) is 3. The zero-order chi connectivity index (χ0) is 63.6. The molecule has 0 saturated heterocycles. The standard InChI is InChI=1S/C67H130O17P2/c1-7-10-12-14-16-17-18-19-20-21-22-23-24-25-26-27-31-39-45-51-66(71)83-62(56-78-65(70)50-44-38-32-28-30-35-41-47-59(4)5)57-81-85(73,74)79-53-61(68)54-80-86(75,76)82-58-63(55-77-64(69)49-43-37-29-15-13-11-8-2)84-67(72)52-46-40-34-33-36-42-48-60(6)9-3/h59-63,68H,7-58H2,1-6H3,(H,73,74)(H,75,76)/t60?,61-,62-,63-/m1/s1. The minimum Gasteiger partial charge on any atom is -0.462 e. The number of aliphatic hydroxyl groups is 1. The second-order valence-corrected chi connectivity index (χ2v) is 27.8. The van der Waals surface area contributed by atoms with Gasteiger partial charge in [0.1, 0.15) is 19.3 Å². The third kappa shape index (κ3) is 59.7. The van der Waals surface area contributed by atoms with Crippen LogP contribution in [-0.4, -0.2) is 96.7 Å². The van der Waals surface area contributed by atoms with Crippen LogP contribution in [0.25, 0.3) is 0 Å². The Kier molecular flexibility index (Phi) is 58.0. The lowest BCUT2D eigenvalue weighted by molar-refractivity contribution is -0.161. The highest BCUT2D eigenvalue weighted by atomic mass is 31.2. The number of rotatable bonds is 66. The third-order valence-electron chi connectivity index (χ3n) is 15.8. The van der Waals surface area contributed by atoms with Crippen molar-refractivity contribution in [1.82, 2.24) is 0 Å². The normalized spacial score (nSPS) is 14.5. The van der Waals surface area contributed by atoms with Crippen LogP contribution in [0.5, 0.6) is 0 Å². The second kappa shape index (κ2) is 59.4. The molecule has 0 spiro atoms. The van der Waals surface area contributed by atoms with Gasteiger partial charge in [-0.25, -0.2) is 9.13 Å². The van der Waals surface area contributed by atoms with Crippen molar-refractivity contribution in [3.8, 4) is 0 Å². The number of carbonyl (C=O) groups is 4. The van der Waals surface area contributed by atoms with Gasteiger partial charge in [-0.3, -0.25) is 37.3 Å². The molecule has 0 aromatic carbocycles. The van der Waals surface area contributed by atoms with Gasteiger partial charge in [-0.1, -0.05) is 286 Å². The summed E-state index contributed by atoms with van der Waals surface area (Å²) < 4.78 is 68.0. The van der Waals surface area contributed by atoms with Crippen LogP contribution < -0.4 is 0 Å². The van der Waals surface area contributed by atoms with E-state index in [-0.39, 0.29) is 25.7 Å². The quantitative estimate of drug-likeness (QED) is 0.0222. The van der Waals surface area contributed by atoms with E-state index in [0.717, 1.165) is 115 Å². The summed E-state index contributed by atoms with van der Waals surface area (Å²) >= 11 is 0. The summed E-state index contributed by atoms with van der Waals surface area (Å²) in [6.07, 6.45) is 43.5. The summed E-state index contributed by atoms with van der Waals surface area (Å²) in [5.41, 5.74) is 0. The number of carbonyl (C=O) groups excluding carboxylic acids is 4. The first kappa shape index (κ1) is 84.1. The smallest absolute Gasteiger partial charge is 0.462 e. The number of phosphoric acid groups is 2. The molecule has 0 fully saturated rings. The van der Waals surface area contributed by atoms with E-state index in [1.807, 2.05) is 0 Å². The number of esters is 4. The fourth-order valence-electron chi connectivity index (χ4n) is 10.0. The monoisotopic (exact) mass is 1270 g/mol. The van der Waals surface area contributed by atoms with Gasteiger partial charge in [0, 0.05) is 25.7 Å². The maximum absolute atomic E-state index is 13.0. The molecule has 19 heteroatoms. The average Bonchev–Trinajstić information content (AvgIpc) is 3.69. The van der Waals surface area contributed by atoms with E-state index in [1.165, 1.54) is 135 Å². The Balaban J connectivity index is 5.15. The number of ether oxygens (including phenoxy) is 4. The molecular formula is C67H130O17P2. The summed E-state index contributed by atoms with van der Waals surface area (Å²) in [6, 6.07) is 0. The summed E-state index contributed by atoms with van der Waals surface area (Å²) in [5.74, 6) is -0.712. The highest BCUT2D eigenvalue weighted by Gasteiger charge is 2.30.